The minimum atomic E-state index is 0.353. The number of alkyl halides is 1. The fourth-order valence-electron chi connectivity index (χ4n) is 2.32. The SMILES string of the molecule is COc1cccc(O)c1C1CCCC1Br. The third-order valence-electron chi connectivity index (χ3n) is 3.07. The molecular formula is C12H15BrO2. The van der Waals surface area contributed by atoms with Crippen LogP contribution in [-0.2, 0) is 0 Å². The van der Waals surface area contributed by atoms with Gasteiger partial charge in [0, 0.05) is 16.3 Å². The molecule has 0 aliphatic heterocycles. The third-order valence-corrected chi connectivity index (χ3v) is 4.16. The maximum atomic E-state index is 9.90. The van der Waals surface area contributed by atoms with Crippen LogP contribution in [0.2, 0.25) is 0 Å². The second-order valence-corrected chi connectivity index (χ2v) is 5.12. The van der Waals surface area contributed by atoms with E-state index in [2.05, 4.69) is 15.9 Å². The number of methoxy groups -OCH3 is 1. The lowest BCUT2D eigenvalue weighted by atomic mass is 9.95. The van der Waals surface area contributed by atoms with Gasteiger partial charge < -0.3 is 9.84 Å². The molecule has 1 aromatic carbocycles. The van der Waals surface area contributed by atoms with Gasteiger partial charge in [0.05, 0.1) is 7.11 Å². The van der Waals surface area contributed by atoms with Gasteiger partial charge in [-0.1, -0.05) is 28.4 Å². The zero-order valence-corrected chi connectivity index (χ0v) is 10.3. The first-order valence-electron chi connectivity index (χ1n) is 5.24. The summed E-state index contributed by atoms with van der Waals surface area (Å²) in [6, 6.07) is 5.46. The average molecular weight is 271 g/mol. The molecule has 1 saturated carbocycles. The van der Waals surface area contributed by atoms with Crippen molar-refractivity contribution in [1.82, 2.24) is 0 Å². The van der Waals surface area contributed by atoms with Crippen LogP contribution < -0.4 is 4.74 Å². The van der Waals surface area contributed by atoms with Crippen molar-refractivity contribution in [2.75, 3.05) is 7.11 Å². The first kappa shape index (κ1) is 10.8. The van der Waals surface area contributed by atoms with Crippen LogP contribution in [0.15, 0.2) is 18.2 Å². The predicted molar refractivity (Wildman–Crippen MR) is 64.0 cm³/mol. The summed E-state index contributed by atoms with van der Waals surface area (Å²) in [6.07, 6.45) is 3.49. The van der Waals surface area contributed by atoms with Crippen molar-refractivity contribution < 1.29 is 9.84 Å². The Balaban J connectivity index is 2.41. The largest absolute Gasteiger partial charge is 0.508 e. The summed E-state index contributed by atoms with van der Waals surface area (Å²) >= 11 is 3.67. The van der Waals surface area contributed by atoms with Gasteiger partial charge in [0.15, 0.2) is 0 Å². The molecule has 0 aromatic heterocycles. The van der Waals surface area contributed by atoms with Crippen molar-refractivity contribution in [3.05, 3.63) is 23.8 Å². The molecule has 1 N–H and O–H groups in total. The molecule has 2 atom stereocenters. The third kappa shape index (κ3) is 1.98. The van der Waals surface area contributed by atoms with Crippen LogP contribution in [0.1, 0.15) is 30.7 Å². The maximum absolute atomic E-state index is 9.90. The van der Waals surface area contributed by atoms with Crippen molar-refractivity contribution in [2.24, 2.45) is 0 Å². The molecule has 1 aliphatic rings. The Kier molecular flexibility index (Phi) is 3.19. The van der Waals surface area contributed by atoms with E-state index in [4.69, 9.17) is 4.74 Å². The van der Waals surface area contributed by atoms with Gasteiger partial charge in [-0.3, -0.25) is 0 Å². The van der Waals surface area contributed by atoms with Gasteiger partial charge in [0.25, 0.3) is 0 Å². The summed E-state index contributed by atoms with van der Waals surface area (Å²) in [5.41, 5.74) is 0.958. The van der Waals surface area contributed by atoms with E-state index in [0.29, 0.717) is 16.5 Å². The summed E-state index contributed by atoms with van der Waals surface area (Å²) in [5, 5.41) is 9.90. The minimum Gasteiger partial charge on any atom is -0.508 e. The van der Waals surface area contributed by atoms with E-state index in [9.17, 15) is 5.11 Å². The van der Waals surface area contributed by atoms with Gasteiger partial charge in [0.1, 0.15) is 11.5 Å². The van der Waals surface area contributed by atoms with Crippen molar-refractivity contribution in [3.8, 4) is 11.5 Å². The monoisotopic (exact) mass is 270 g/mol. The van der Waals surface area contributed by atoms with Crippen LogP contribution in [-0.4, -0.2) is 17.0 Å². The van der Waals surface area contributed by atoms with E-state index >= 15 is 0 Å². The molecule has 1 aliphatic carbocycles. The molecule has 15 heavy (non-hydrogen) atoms. The highest BCUT2D eigenvalue weighted by molar-refractivity contribution is 9.09. The van der Waals surface area contributed by atoms with Crippen LogP contribution in [0.5, 0.6) is 11.5 Å². The Morgan fingerprint density at radius 1 is 1.40 bits per heavy atom. The number of hydrogen-bond donors (Lipinski definition) is 1. The second-order valence-electron chi connectivity index (χ2n) is 3.95. The topological polar surface area (TPSA) is 29.5 Å². The maximum Gasteiger partial charge on any atom is 0.126 e. The Morgan fingerprint density at radius 3 is 2.80 bits per heavy atom. The molecule has 2 unspecified atom stereocenters. The molecule has 0 saturated heterocycles. The second kappa shape index (κ2) is 4.44. The molecule has 0 radical (unpaired) electrons. The number of benzene rings is 1. The van der Waals surface area contributed by atoms with Gasteiger partial charge in [-0.2, -0.15) is 0 Å². The molecule has 0 spiro atoms. The van der Waals surface area contributed by atoms with Crippen molar-refractivity contribution in [3.63, 3.8) is 0 Å². The highest BCUT2D eigenvalue weighted by Crippen LogP contribution is 2.46. The highest BCUT2D eigenvalue weighted by Gasteiger charge is 2.30. The molecule has 82 valence electrons. The van der Waals surface area contributed by atoms with Crippen LogP contribution in [0, 0.1) is 0 Å². The lowest BCUT2D eigenvalue weighted by Crippen LogP contribution is -2.06. The number of aromatic hydroxyl groups is 1. The highest BCUT2D eigenvalue weighted by atomic mass is 79.9. The van der Waals surface area contributed by atoms with Crippen LogP contribution in [0.25, 0.3) is 0 Å². The number of phenols is 1. The zero-order chi connectivity index (χ0) is 10.8. The molecule has 1 fully saturated rings. The summed E-state index contributed by atoms with van der Waals surface area (Å²) in [4.78, 5) is 0.458. The van der Waals surface area contributed by atoms with E-state index < -0.39 is 0 Å². The number of hydrogen-bond acceptors (Lipinski definition) is 2. The summed E-state index contributed by atoms with van der Waals surface area (Å²) in [6.45, 7) is 0. The first-order chi connectivity index (χ1) is 7.24. The normalized spacial score (nSPS) is 25.5. The van der Waals surface area contributed by atoms with Crippen LogP contribution in [0.3, 0.4) is 0 Å². The number of phenolic OH excluding ortho intramolecular Hbond substituents is 1. The smallest absolute Gasteiger partial charge is 0.126 e. The first-order valence-corrected chi connectivity index (χ1v) is 6.15. The van der Waals surface area contributed by atoms with Crippen molar-refractivity contribution >= 4 is 15.9 Å². The molecule has 1 aromatic rings. The van der Waals surface area contributed by atoms with Gasteiger partial charge in [-0.25, -0.2) is 0 Å². The molecule has 0 bridgehead atoms. The van der Waals surface area contributed by atoms with E-state index in [0.717, 1.165) is 17.7 Å². The van der Waals surface area contributed by atoms with Crippen molar-refractivity contribution in [2.45, 2.75) is 30.0 Å². The Morgan fingerprint density at radius 2 is 2.20 bits per heavy atom. The minimum absolute atomic E-state index is 0.353. The lowest BCUT2D eigenvalue weighted by molar-refractivity contribution is 0.394. The number of halogens is 1. The fourth-order valence-corrected chi connectivity index (χ4v) is 3.18. The molecule has 0 heterocycles. The summed E-state index contributed by atoms with van der Waals surface area (Å²) < 4.78 is 5.31. The van der Waals surface area contributed by atoms with Crippen LogP contribution in [0.4, 0.5) is 0 Å². The lowest BCUT2D eigenvalue weighted by Gasteiger charge is -2.18. The summed E-state index contributed by atoms with van der Waals surface area (Å²) in [5.74, 6) is 1.53. The molecular weight excluding hydrogens is 256 g/mol. The van der Waals surface area contributed by atoms with E-state index in [1.165, 1.54) is 12.8 Å². The van der Waals surface area contributed by atoms with Gasteiger partial charge in [-0.15, -0.1) is 0 Å². The van der Waals surface area contributed by atoms with Gasteiger partial charge in [0.2, 0.25) is 0 Å². The van der Waals surface area contributed by atoms with E-state index in [-0.39, 0.29) is 0 Å². The van der Waals surface area contributed by atoms with E-state index in [1.54, 1.807) is 13.2 Å². The van der Waals surface area contributed by atoms with Gasteiger partial charge >= 0.3 is 0 Å². The van der Waals surface area contributed by atoms with Crippen LogP contribution >= 0.6 is 15.9 Å². The molecule has 0 amide bonds. The number of rotatable bonds is 2. The summed E-state index contributed by atoms with van der Waals surface area (Å²) in [7, 11) is 1.65. The Bertz CT molecular complexity index is 351. The van der Waals surface area contributed by atoms with Gasteiger partial charge in [-0.05, 0) is 25.0 Å². The van der Waals surface area contributed by atoms with E-state index in [1.807, 2.05) is 12.1 Å². The molecule has 3 heteroatoms. The predicted octanol–water partition coefficient (Wildman–Crippen LogP) is 3.43. The molecule has 2 rings (SSSR count). The Hall–Kier alpha value is -0.700. The average Bonchev–Trinajstić information content (AvgIpc) is 2.64. The number of ether oxygens (including phenoxy) is 1. The van der Waals surface area contributed by atoms with Crippen molar-refractivity contribution in [1.29, 1.82) is 0 Å². The standard InChI is InChI=1S/C12H15BrO2/c1-15-11-7-3-6-10(14)12(11)8-4-2-5-9(8)13/h3,6-9,14H,2,4-5H2,1H3. The fraction of sp³-hybridized carbons (Fsp3) is 0.500. The Labute approximate surface area is 98.4 Å². The zero-order valence-electron chi connectivity index (χ0n) is 8.74. The quantitative estimate of drug-likeness (QED) is 0.835. The molecule has 2 nitrogen and oxygen atoms in total.